The van der Waals surface area contributed by atoms with Crippen molar-refractivity contribution < 1.29 is 19.7 Å². The molecule has 5 heteroatoms. The van der Waals surface area contributed by atoms with Crippen molar-refractivity contribution in [2.45, 2.75) is 155 Å². The van der Waals surface area contributed by atoms with Crippen LogP contribution in [-0.4, -0.2) is 46.2 Å². The number of aliphatic hydroxyl groups is 2. The molecular formula is C30H55NO4. The van der Waals surface area contributed by atoms with Crippen LogP contribution in [0.4, 0.5) is 0 Å². The molecule has 5 atom stereocenters. The fourth-order valence-corrected chi connectivity index (χ4v) is 6.36. The van der Waals surface area contributed by atoms with Crippen LogP contribution >= 0.6 is 0 Å². The number of carbonyl (C=O) groups is 1. The number of aliphatic hydroxyl groups excluding tert-OH is 1. The van der Waals surface area contributed by atoms with Gasteiger partial charge in [0.2, 0.25) is 0 Å². The molecule has 3 saturated carbocycles. The summed E-state index contributed by atoms with van der Waals surface area (Å²) < 4.78 is 5.25. The van der Waals surface area contributed by atoms with Gasteiger partial charge in [0.15, 0.2) is 6.04 Å². The second-order valence-electron chi connectivity index (χ2n) is 12.0. The van der Waals surface area contributed by atoms with E-state index in [1.165, 1.54) is 70.6 Å². The Morgan fingerprint density at radius 1 is 0.943 bits per heavy atom. The highest BCUT2D eigenvalue weighted by molar-refractivity contribution is 5.96. The average Bonchev–Trinajstić information content (AvgIpc) is 2.80. The fraction of sp³-hybridized carbons (Fsp3) is 0.933. The highest BCUT2D eigenvalue weighted by atomic mass is 16.5. The predicted molar refractivity (Wildman–Crippen MR) is 145 cm³/mol. The normalized spacial score (nSPS) is 27.9. The average molecular weight is 494 g/mol. The lowest BCUT2D eigenvalue weighted by molar-refractivity contribution is -0.148. The van der Waals surface area contributed by atoms with E-state index >= 15 is 0 Å². The summed E-state index contributed by atoms with van der Waals surface area (Å²) in [6, 6.07) is -0.936. The van der Waals surface area contributed by atoms with Crippen LogP contribution < -0.4 is 0 Å². The van der Waals surface area contributed by atoms with E-state index in [9.17, 15) is 15.0 Å². The topological polar surface area (TPSA) is 79.1 Å². The molecule has 2 N–H and O–H groups in total. The molecule has 3 aliphatic rings. The molecule has 5 nitrogen and oxygen atoms in total. The maximum absolute atomic E-state index is 12.7. The van der Waals surface area contributed by atoms with Gasteiger partial charge in [-0.15, -0.1) is 0 Å². The molecular weight excluding hydrogens is 438 g/mol. The van der Waals surface area contributed by atoms with Gasteiger partial charge in [-0.2, -0.15) is 0 Å². The molecule has 0 amide bonds. The Labute approximate surface area is 215 Å². The molecule has 3 rings (SSSR count). The van der Waals surface area contributed by atoms with Crippen molar-refractivity contribution in [3.63, 3.8) is 0 Å². The number of aliphatic imine (C=N–C) groups is 1. The van der Waals surface area contributed by atoms with E-state index in [0.717, 1.165) is 19.3 Å². The van der Waals surface area contributed by atoms with Gasteiger partial charge in [0.25, 0.3) is 0 Å². The van der Waals surface area contributed by atoms with Gasteiger partial charge in [-0.05, 0) is 50.4 Å². The summed E-state index contributed by atoms with van der Waals surface area (Å²) in [5.74, 6) is 0.151. The maximum atomic E-state index is 12.7. The third-order valence-corrected chi connectivity index (χ3v) is 8.96. The number of esters is 1. The largest absolute Gasteiger partial charge is 0.464 e. The van der Waals surface area contributed by atoms with Gasteiger partial charge >= 0.3 is 5.97 Å². The van der Waals surface area contributed by atoms with Crippen LogP contribution in [0.15, 0.2) is 4.99 Å². The van der Waals surface area contributed by atoms with Crippen LogP contribution in [0.1, 0.15) is 137 Å². The Morgan fingerprint density at radius 3 is 1.91 bits per heavy atom. The van der Waals surface area contributed by atoms with Crippen LogP contribution in [0, 0.1) is 17.3 Å². The first kappa shape index (κ1) is 30.3. The molecule has 0 aliphatic heterocycles. The van der Waals surface area contributed by atoms with Gasteiger partial charge in [-0.1, -0.05) is 104 Å². The van der Waals surface area contributed by atoms with Gasteiger partial charge in [0.1, 0.15) is 5.60 Å². The SMILES string of the molecule is CCCCCCCCCCCCCCC[C@@H](O)[C@H](/N=C1\C[C@@H]2C[C@@H](C2(C)C)[C@]1(C)O)C(=O)OCC. The van der Waals surface area contributed by atoms with E-state index in [2.05, 4.69) is 25.8 Å². The third kappa shape index (κ3) is 8.55. The van der Waals surface area contributed by atoms with Crippen LogP contribution in [0.5, 0.6) is 0 Å². The molecule has 0 spiro atoms. The van der Waals surface area contributed by atoms with Gasteiger partial charge in [0, 0.05) is 5.71 Å². The highest BCUT2D eigenvalue weighted by Crippen LogP contribution is 2.61. The molecule has 0 aromatic rings. The second-order valence-corrected chi connectivity index (χ2v) is 12.0. The molecule has 0 aromatic carbocycles. The molecule has 0 radical (unpaired) electrons. The number of rotatable bonds is 18. The summed E-state index contributed by atoms with van der Waals surface area (Å²) in [6.45, 7) is 10.6. The Bertz CT molecular complexity index is 657. The van der Waals surface area contributed by atoms with E-state index in [-0.39, 0.29) is 17.9 Å². The minimum Gasteiger partial charge on any atom is -0.464 e. The van der Waals surface area contributed by atoms with Crippen molar-refractivity contribution in [3.8, 4) is 0 Å². The molecule has 0 unspecified atom stereocenters. The summed E-state index contributed by atoms with van der Waals surface area (Å²) in [5.41, 5.74) is -0.270. The van der Waals surface area contributed by atoms with Crippen LogP contribution in [-0.2, 0) is 9.53 Å². The first-order valence-electron chi connectivity index (χ1n) is 14.8. The summed E-state index contributed by atoms with van der Waals surface area (Å²) in [7, 11) is 0. The van der Waals surface area contributed by atoms with Crippen molar-refractivity contribution >= 4 is 11.7 Å². The Hall–Kier alpha value is -0.940. The molecule has 3 aliphatic carbocycles. The van der Waals surface area contributed by atoms with Crippen molar-refractivity contribution in [2.24, 2.45) is 22.2 Å². The van der Waals surface area contributed by atoms with Crippen molar-refractivity contribution in [1.82, 2.24) is 0 Å². The van der Waals surface area contributed by atoms with E-state index in [4.69, 9.17) is 4.74 Å². The smallest absolute Gasteiger partial charge is 0.333 e. The zero-order valence-corrected chi connectivity index (χ0v) is 23.5. The number of fused-ring (bicyclic) bond motifs is 2. The Balaban J connectivity index is 1.72. The van der Waals surface area contributed by atoms with Crippen LogP contribution in [0.25, 0.3) is 0 Å². The number of nitrogens with zero attached hydrogens (tertiary/aromatic N) is 1. The molecule has 2 bridgehead atoms. The van der Waals surface area contributed by atoms with Gasteiger partial charge in [0.05, 0.1) is 12.7 Å². The van der Waals surface area contributed by atoms with E-state index < -0.39 is 23.7 Å². The fourth-order valence-electron chi connectivity index (χ4n) is 6.36. The van der Waals surface area contributed by atoms with Gasteiger partial charge in [-0.3, -0.25) is 4.99 Å². The van der Waals surface area contributed by atoms with Gasteiger partial charge < -0.3 is 14.9 Å². The summed E-state index contributed by atoms with van der Waals surface area (Å²) >= 11 is 0. The number of hydrogen-bond donors (Lipinski definition) is 2. The minimum atomic E-state index is -1.03. The quantitative estimate of drug-likeness (QED) is 0.159. The van der Waals surface area contributed by atoms with Crippen LogP contribution in [0.2, 0.25) is 0 Å². The third-order valence-electron chi connectivity index (χ3n) is 8.96. The van der Waals surface area contributed by atoms with E-state index in [0.29, 0.717) is 24.5 Å². The molecule has 0 heterocycles. The lowest BCUT2D eigenvalue weighted by atomic mass is 9.44. The van der Waals surface area contributed by atoms with Crippen molar-refractivity contribution in [3.05, 3.63) is 0 Å². The summed E-state index contributed by atoms with van der Waals surface area (Å²) in [5, 5.41) is 22.1. The summed E-state index contributed by atoms with van der Waals surface area (Å²) in [6.07, 6.45) is 18.0. The first-order chi connectivity index (χ1) is 16.7. The molecule has 204 valence electrons. The second kappa shape index (κ2) is 14.7. The maximum Gasteiger partial charge on any atom is 0.333 e. The van der Waals surface area contributed by atoms with Crippen LogP contribution in [0.3, 0.4) is 0 Å². The standard InChI is InChI=1S/C30H55NO4/c1-6-8-9-10-11-12-13-14-15-16-17-18-19-20-24(32)27(28(33)35-7-2)31-26-22-23-21-25(29(23,3)4)30(26,5)34/h23-25,27,32,34H,6-22H2,1-5H3/b31-26+/t23-,24+,25-,27-,30-/m0/s1. The summed E-state index contributed by atoms with van der Waals surface area (Å²) in [4.78, 5) is 17.3. The Kier molecular flexibility index (Phi) is 12.7. The van der Waals surface area contributed by atoms with E-state index in [1.54, 1.807) is 6.92 Å². The number of ether oxygens (including phenoxy) is 1. The zero-order valence-electron chi connectivity index (χ0n) is 23.5. The molecule has 3 fully saturated rings. The molecule has 0 aromatic heterocycles. The Morgan fingerprint density at radius 2 is 1.46 bits per heavy atom. The monoisotopic (exact) mass is 493 g/mol. The van der Waals surface area contributed by atoms with E-state index in [1.807, 2.05) is 6.92 Å². The van der Waals surface area contributed by atoms with Crippen molar-refractivity contribution in [1.29, 1.82) is 0 Å². The highest BCUT2D eigenvalue weighted by Gasteiger charge is 2.61. The predicted octanol–water partition coefficient (Wildman–Crippen LogP) is 7.02. The lowest BCUT2D eigenvalue weighted by Crippen LogP contribution is -2.65. The molecule has 0 saturated heterocycles. The zero-order chi connectivity index (χ0) is 25.9. The number of hydrogen-bond acceptors (Lipinski definition) is 5. The first-order valence-corrected chi connectivity index (χ1v) is 14.8. The number of unbranched alkanes of at least 4 members (excludes halogenated alkanes) is 12. The number of carbonyl (C=O) groups excluding carboxylic acids is 1. The van der Waals surface area contributed by atoms with Gasteiger partial charge in [-0.25, -0.2) is 4.79 Å². The lowest BCUT2D eigenvalue weighted by Gasteiger charge is -2.62. The van der Waals surface area contributed by atoms with Crippen molar-refractivity contribution in [2.75, 3.05) is 6.61 Å². The molecule has 35 heavy (non-hydrogen) atoms. The minimum absolute atomic E-state index is 0.0925.